The number of hydrogen-bond donors (Lipinski definition) is 2. The van der Waals surface area contributed by atoms with Crippen LogP contribution in [0.4, 0.5) is 0 Å². The monoisotopic (exact) mass is 418 g/mol. The van der Waals surface area contributed by atoms with Crippen LogP contribution in [0.25, 0.3) is 0 Å². The molecule has 2 N–H and O–H groups in total. The molecule has 0 saturated heterocycles. The molecule has 1 amide bonds. The molecule has 0 aliphatic carbocycles. The van der Waals surface area contributed by atoms with Crippen molar-refractivity contribution in [1.82, 2.24) is 19.8 Å². The second-order valence-corrected chi connectivity index (χ2v) is 9.12. The standard InChI is InChI=1S/C19H22N4O3S2/c1-15-12-21-23(14-15)10-3-9-20-19(24)16-5-7-18(8-6-16)28(25,26)22-13-17-4-2-11-27-17/h2,4-8,11-12,14,22H,3,9-10,13H2,1H3,(H,20,24). The van der Waals surface area contributed by atoms with Gasteiger partial charge in [0, 0.05) is 36.3 Å². The van der Waals surface area contributed by atoms with Gasteiger partial charge in [-0.15, -0.1) is 11.3 Å². The highest BCUT2D eigenvalue weighted by atomic mass is 32.2. The van der Waals surface area contributed by atoms with E-state index in [4.69, 9.17) is 0 Å². The number of aryl methyl sites for hydroxylation is 2. The first kappa shape index (κ1) is 20.2. The minimum atomic E-state index is -3.61. The maximum atomic E-state index is 12.3. The Bertz CT molecular complexity index is 1010. The summed E-state index contributed by atoms with van der Waals surface area (Å²) in [5.41, 5.74) is 1.52. The van der Waals surface area contributed by atoms with Crippen molar-refractivity contribution in [2.75, 3.05) is 6.54 Å². The fourth-order valence-corrected chi connectivity index (χ4v) is 4.32. The molecule has 0 spiro atoms. The van der Waals surface area contributed by atoms with Crippen LogP contribution < -0.4 is 10.0 Å². The molecule has 0 saturated carbocycles. The van der Waals surface area contributed by atoms with Gasteiger partial charge in [0.1, 0.15) is 0 Å². The number of hydrogen-bond acceptors (Lipinski definition) is 5. The Balaban J connectivity index is 1.49. The summed E-state index contributed by atoms with van der Waals surface area (Å²) in [4.78, 5) is 13.3. The molecule has 3 aromatic rings. The zero-order valence-electron chi connectivity index (χ0n) is 15.5. The van der Waals surface area contributed by atoms with Crippen LogP contribution in [0.1, 0.15) is 27.2 Å². The average molecular weight is 419 g/mol. The van der Waals surface area contributed by atoms with Crippen LogP contribution in [0.15, 0.2) is 59.1 Å². The molecule has 0 unspecified atom stereocenters. The Morgan fingerprint density at radius 3 is 2.64 bits per heavy atom. The van der Waals surface area contributed by atoms with Gasteiger partial charge in [0.25, 0.3) is 5.91 Å². The highest BCUT2D eigenvalue weighted by Gasteiger charge is 2.15. The number of sulfonamides is 1. The highest BCUT2D eigenvalue weighted by Crippen LogP contribution is 2.13. The zero-order chi connectivity index (χ0) is 20.0. The lowest BCUT2D eigenvalue weighted by Crippen LogP contribution is -2.26. The van der Waals surface area contributed by atoms with Crippen LogP contribution in [0, 0.1) is 6.92 Å². The maximum Gasteiger partial charge on any atom is 0.251 e. The number of amides is 1. The summed E-state index contributed by atoms with van der Waals surface area (Å²) in [7, 11) is -3.61. The van der Waals surface area contributed by atoms with E-state index in [1.165, 1.54) is 35.6 Å². The SMILES string of the molecule is Cc1cnn(CCCNC(=O)c2ccc(S(=O)(=O)NCc3cccs3)cc2)c1. The van der Waals surface area contributed by atoms with E-state index in [9.17, 15) is 13.2 Å². The highest BCUT2D eigenvalue weighted by molar-refractivity contribution is 7.89. The van der Waals surface area contributed by atoms with E-state index >= 15 is 0 Å². The molecule has 1 aromatic carbocycles. The topological polar surface area (TPSA) is 93.1 Å². The molecule has 3 rings (SSSR count). The summed E-state index contributed by atoms with van der Waals surface area (Å²) in [6.45, 7) is 3.46. The first-order valence-electron chi connectivity index (χ1n) is 8.83. The van der Waals surface area contributed by atoms with Gasteiger partial charge in [-0.3, -0.25) is 9.48 Å². The zero-order valence-corrected chi connectivity index (χ0v) is 17.1. The predicted octanol–water partition coefficient (Wildman–Crippen LogP) is 2.55. The lowest BCUT2D eigenvalue weighted by molar-refractivity contribution is 0.0952. The van der Waals surface area contributed by atoms with E-state index in [0.29, 0.717) is 12.1 Å². The van der Waals surface area contributed by atoms with Crippen LogP contribution in [0.3, 0.4) is 0 Å². The molecular formula is C19H22N4O3S2. The number of aromatic nitrogens is 2. The number of thiophene rings is 1. The fourth-order valence-electron chi connectivity index (χ4n) is 2.58. The van der Waals surface area contributed by atoms with Crippen molar-refractivity contribution in [2.45, 2.75) is 31.3 Å². The van der Waals surface area contributed by atoms with Gasteiger partial charge < -0.3 is 5.32 Å². The maximum absolute atomic E-state index is 12.3. The molecule has 148 valence electrons. The molecule has 9 heteroatoms. The van der Waals surface area contributed by atoms with Crippen molar-refractivity contribution >= 4 is 27.3 Å². The minimum Gasteiger partial charge on any atom is -0.352 e. The molecule has 2 heterocycles. The summed E-state index contributed by atoms with van der Waals surface area (Å²) >= 11 is 1.49. The number of nitrogens with zero attached hydrogens (tertiary/aromatic N) is 2. The number of rotatable bonds is 9. The van der Waals surface area contributed by atoms with Crippen LogP contribution in [-0.4, -0.2) is 30.7 Å². The van der Waals surface area contributed by atoms with Crippen LogP contribution in [0.2, 0.25) is 0 Å². The van der Waals surface area contributed by atoms with Gasteiger partial charge in [-0.25, -0.2) is 13.1 Å². The quantitative estimate of drug-likeness (QED) is 0.522. The lowest BCUT2D eigenvalue weighted by atomic mass is 10.2. The predicted molar refractivity (Wildman–Crippen MR) is 109 cm³/mol. The Morgan fingerprint density at radius 2 is 2.00 bits per heavy atom. The molecule has 0 bridgehead atoms. The first-order chi connectivity index (χ1) is 13.4. The van der Waals surface area contributed by atoms with E-state index in [1.54, 1.807) is 6.20 Å². The van der Waals surface area contributed by atoms with Crippen LogP contribution in [-0.2, 0) is 23.1 Å². The van der Waals surface area contributed by atoms with Crippen molar-refractivity contribution in [3.05, 3.63) is 70.2 Å². The summed E-state index contributed by atoms with van der Waals surface area (Å²) < 4.78 is 29.1. The van der Waals surface area contributed by atoms with E-state index in [1.807, 2.05) is 35.3 Å². The van der Waals surface area contributed by atoms with Gasteiger partial charge in [0.05, 0.1) is 11.1 Å². The van der Waals surface area contributed by atoms with Crippen molar-refractivity contribution in [3.8, 4) is 0 Å². The van der Waals surface area contributed by atoms with E-state index in [2.05, 4.69) is 15.1 Å². The molecular weight excluding hydrogens is 396 g/mol. The normalized spacial score (nSPS) is 11.5. The molecule has 7 nitrogen and oxygen atoms in total. The van der Waals surface area contributed by atoms with E-state index in [-0.39, 0.29) is 17.3 Å². The third-order valence-corrected chi connectivity index (χ3v) is 6.35. The molecule has 0 fully saturated rings. The third kappa shape index (κ3) is 5.51. The van der Waals surface area contributed by atoms with E-state index in [0.717, 1.165) is 23.4 Å². The van der Waals surface area contributed by atoms with Gasteiger partial charge in [0.15, 0.2) is 0 Å². The third-order valence-electron chi connectivity index (χ3n) is 4.06. The van der Waals surface area contributed by atoms with Gasteiger partial charge in [-0.1, -0.05) is 6.07 Å². The van der Waals surface area contributed by atoms with Crippen molar-refractivity contribution in [3.63, 3.8) is 0 Å². The Hall–Kier alpha value is -2.49. The molecule has 0 atom stereocenters. The fraction of sp³-hybridized carbons (Fsp3) is 0.263. The largest absolute Gasteiger partial charge is 0.352 e. The van der Waals surface area contributed by atoms with Gasteiger partial charge in [0.2, 0.25) is 10.0 Å². The van der Waals surface area contributed by atoms with Crippen molar-refractivity contribution < 1.29 is 13.2 Å². The van der Waals surface area contributed by atoms with Gasteiger partial charge in [-0.2, -0.15) is 5.10 Å². The van der Waals surface area contributed by atoms with E-state index < -0.39 is 10.0 Å². The second-order valence-electron chi connectivity index (χ2n) is 6.32. The Labute approximate surface area is 168 Å². The lowest BCUT2D eigenvalue weighted by Gasteiger charge is -2.08. The summed E-state index contributed by atoms with van der Waals surface area (Å²) in [6.07, 6.45) is 4.50. The van der Waals surface area contributed by atoms with Crippen LogP contribution in [0.5, 0.6) is 0 Å². The smallest absolute Gasteiger partial charge is 0.251 e. The molecule has 2 aromatic heterocycles. The second kappa shape index (κ2) is 9.13. The van der Waals surface area contributed by atoms with Crippen molar-refractivity contribution in [1.29, 1.82) is 0 Å². The Kier molecular flexibility index (Phi) is 6.61. The summed E-state index contributed by atoms with van der Waals surface area (Å²) in [6, 6.07) is 9.67. The number of benzene rings is 1. The number of nitrogens with one attached hydrogen (secondary N) is 2. The number of carbonyl (C=O) groups excluding carboxylic acids is 1. The average Bonchev–Trinajstić information content (AvgIpc) is 3.35. The molecule has 28 heavy (non-hydrogen) atoms. The summed E-state index contributed by atoms with van der Waals surface area (Å²) in [5, 5.41) is 8.93. The minimum absolute atomic E-state index is 0.134. The van der Waals surface area contributed by atoms with Gasteiger partial charge >= 0.3 is 0 Å². The Morgan fingerprint density at radius 1 is 1.21 bits per heavy atom. The molecule has 0 aliphatic heterocycles. The van der Waals surface area contributed by atoms with Crippen molar-refractivity contribution in [2.24, 2.45) is 0 Å². The molecule has 0 radical (unpaired) electrons. The first-order valence-corrected chi connectivity index (χ1v) is 11.2. The van der Waals surface area contributed by atoms with Gasteiger partial charge in [-0.05, 0) is 54.6 Å². The molecule has 0 aliphatic rings. The number of carbonyl (C=O) groups is 1. The summed E-state index contributed by atoms with van der Waals surface area (Å²) in [5.74, 6) is -0.230. The van der Waals surface area contributed by atoms with Crippen LogP contribution >= 0.6 is 11.3 Å².